The van der Waals surface area contributed by atoms with Gasteiger partial charge in [0.2, 0.25) is 17.7 Å². The van der Waals surface area contributed by atoms with Crippen LogP contribution in [0.4, 0.5) is 0 Å². The van der Waals surface area contributed by atoms with Crippen molar-refractivity contribution in [1.29, 1.82) is 0 Å². The van der Waals surface area contributed by atoms with Gasteiger partial charge in [-0.1, -0.05) is 0 Å². The summed E-state index contributed by atoms with van der Waals surface area (Å²) in [5.41, 5.74) is -0.0874. The Morgan fingerprint density at radius 2 is 1.88 bits per heavy atom. The lowest BCUT2D eigenvalue weighted by molar-refractivity contribution is -0.128. The first kappa shape index (κ1) is 15.6. The molecule has 25 heavy (non-hydrogen) atoms. The van der Waals surface area contributed by atoms with E-state index in [1.807, 2.05) is 0 Å². The number of amides is 3. The lowest BCUT2D eigenvalue weighted by atomic mass is 10.0. The van der Waals surface area contributed by atoms with E-state index in [0.717, 1.165) is 12.3 Å². The van der Waals surface area contributed by atoms with Gasteiger partial charge in [0.05, 0.1) is 30.7 Å². The first-order chi connectivity index (χ1) is 12.1. The van der Waals surface area contributed by atoms with Gasteiger partial charge in [-0.2, -0.15) is 0 Å². The van der Waals surface area contributed by atoms with Gasteiger partial charge in [-0.15, -0.1) is 0 Å². The van der Waals surface area contributed by atoms with Gasteiger partial charge in [0, 0.05) is 18.9 Å². The molecule has 3 amide bonds. The van der Waals surface area contributed by atoms with E-state index in [0.29, 0.717) is 44.3 Å². The van der Waals surface area contributed by atoms with Crippen molar-refractivity contribution in [3.63, 3.8) is 0 Å². The second-order valence-electron chi connectivity index (χ2n) is 8.59. The third-order valence-corrected chi connectivity index (χ3v) is 7.18. The summed E-state index contributed by atoms with van der Waals surface area (Å²) in [6.07, 6.45) is 5.01. The van der Waals surface area contributed by atoms with Crippen molar-refractivity contribution < 1.29 is 19.1 Å². The van der Waals surface area contributed by atoms with Gasteiger partial charge in [0.15, 0.2) is 0 Å². The number of carbonyl (C=O) groups excluding carboxylic acids is 3. The molecule has 0 spiro atoms. The molecule has 136 valence electrons. The first-order valence-corrected chi connectivity index (χ1v) is 9.53. The molecule has 0 aromatic heterocycles. The van der Waals surface area contributed by atoms with Gasteiger partial charge in [-0.3, -0.25) is 14.4 Å². The highest BCUT2D eigenvalue weighted by molar-refractivity contribution is 5.88. The number of hydrogen-bond donors (Lipinski definition) is 3. The molecule has 2 heterocycles. The summed E-state index contributed by atoms with van der Waals surface area (Å²) in [4.78, 5) is 36.3. The number of carbonyl (C=O) groups is 3. The summed E-state index contributed by atoms with van der Waals surface area (Å²) >= 11 is 0. The fraction of sp³-hybridized carbons (Fsp3) is 0.833. The van der Waals surface area contributed by atoms with Gasteiger partial charge < -0.3 is 20.7 Å². The maximum Gasteiger partial charge on any atom is 0.227 e. The Hall–Kier alpha value is -1.63. The van der Waals surface area contributed by atoms with E-state index < -0.39 is 0 Å². The van der Waals surface area contributed by atoms with E-state index in [1.165, 1.54) is 12.8 Å². The molecule has 5 atom stereocenters. The summed E-state index contributed by atoms with van der Waals surface area (Å²) in [7, 11) is 0. The molecular weight excluding hydrogens is 322 g/mol. The van der Waals surface area contributed by atoms with Crippen LogP contribution in [0.2, 0.25) is 0 Å². The van der Waals surface area contributed by atoms with Crippen molar-refractivity contribution in [3.8, 4) is 0 Å². The number of ether oxygens (including phenoxy) is 1. The zero-order chi connectivity index (χ0) is 17.2. The molecule has 7 heteroatoms. The molecule has 6 fully saturated rings. The normalized spacial score (nSPS) is 46.2. The smallest absolute Gasteiger partial charge is 0.227 e. The second kappa shape index (κ2) is 5.43. The van der Waals surface area contributed by atoms with Crippen LogP contribution < -0.4 is 16.0 Å². The zero-order valence-electron chi connectivity index (χ0n) is 14.3. The van der Waals surface area contributed by atoms with Crippen LogP contribution in [-0.2, 0) is 19.1 Å². The lowest BCUT2D eigenvalue weighted by Gasteiger charge is -2.23. The van der Waals surface area contributed by atoms with Crippen molar-refractivity contribution in [2.75, 3.05) is 13.2 Å². The Kier molecular flexibility index (Phi) is 3.39. The van der Waals surface area contributed by atoms with E-state index in [9.17, 15) is 14.4 Å². The van der Waals surface area contributed by atoms with E-state index in [-0.39, 0.29) is 41.3 Å². The molecule has 3 unspecified atom stereocenters. The van der Waals surface area contributed by atoms with Crippen molar-refractivity contribution in [1.82, 2.24) is 16.0 Å². The van der Waals surface area contributed by atoms with E-state index in [4.69, 9.17) is 4.74 Å². The Morgan fingerprint density at radius 1 is 1.16 bits per heavy atom. The number of hydrogen-bond acceptors (Lipinski definition) is 4. The Bertz CT molecular complexity index is 624. The molecule has 2 saturated heterocycles. The van der Waals surface area contributed by atoms with Crippen LogP contribution in [0.15, 0.2) is 0 Å². The van der Waals surface area contributed by atoms with Crippen molar-refractivity contribution in [2.45, 2.75) is 56.7 Å². The van der Waals surface area contributed by atoms with E-state index in [2.05, 4.69) is 16.0 Å². The molecule has 4 saturated carbocycles. The molecule has 4 bridgehead atoms. The number of nitrogens with one attached hydrogen (secondary N) is 3. The molecule has 6 rings (SSSR count). The molecule has 3 N–H and O–H groups in total. The summed E-state index contributed by atoms with van der Waals surface area (Å²) in [5.74, 6) is 2.09. The predicted octanol–water partition coefficient (Wildman–Crippen LogP) is -0.299. The second-order valence-corrected chi connectivity index (χ2v) is 8.59. The van der Waals surface area contributed by atoms with Crippen LogP contribution in [0.3, 0.4) is 0 Å². The van der Waals surface area contributed by atoms with E-state index in [1.54, 1.807) is 0 Å². The monoisotopic (exact) mass is 347 g/mol. The van der Waals surface area contributed by atoms with Crippen LogP contribution >= 0.6 is 0 Å². The molecule has 0 radical (unpaired) electrons. The molecule has 0 aromatic rings. The Balaban J connectivity index is 1.15. The van der Waals surface area contributed by atoms with Gasteiger partial charge >= 0.3 is 0 Å². The summed E-state index contributed by atoms with van der Waals surface area (Å²) in [6, 6.07) is -0.402. The maximum absolute atomic E-state index is 12.8. The highest BCUT2D eigenvalue weighted by atomic mass is 16.5. The third-order valence-electron chi connectivity index (χ3n) is 7.18. The Labute approximate surface area is 146 Å². The largest absolute Gasteiger partial charge is 0.377 e. The van der Waals surface area contributed by atoms with Crippen LogP contribution in [0.25, 0.3) is 0 Å². The maximum atomic E-state index is 12.8. The van der Waals surface area contributed by atoms with Crippen LogP contribution in [0.1, 0.15) is 38.5 Å². The van der Waals surface area contributed by atoms with E-state index >= 15 is 0 Å². The highest BCUT2D eigenvalue weighted by Gasteiger charge is 2.78. The van der Waals surface area contributed by atoms with Gasteiger partial charge in [0.25, 0.3) is 0 Å². The lowest BCUT2D eigenvalue weighted by Crippen LogP contribution is -2.53. The summed E-state index contributed by atoms with van der Waals surface area (Å²) in [5, 5.41) is 8.96. The van der Waals surface area contributed by atoms with Crippen molar-refractivity contribution in [2.24, 2.45) is 23.2 Å². The van der Waals surface area contributed by atoms with Gasteiger partial charge in [-0.05, 0) is 43.4 Å². The summed E-state index contributed by atoms with van der Waals surface area (Å²) in [6.45, 7) is 0.877. The zero-order valence-corrected chi connectivity index (χ0v) is 14.3. The van der Waals surface area contributed by atoms with Gasteiger partial charge in [0.1, 0.15) is 0 Å². The average molecular weight is 347 g/mol. The molecule has 0 aromatic carbocycles. The molecule has 4 aliphatic carbocycles. The minimum atomic E-state index is -0.182. The molecule has 7 nitrogen and oxygen atoms in total. The molecular formula is C18H25N3O4. The fourth-order valence-corrected chi connectivity index (χ4v) is 6.01. The average Bonchev–Trinajstić information content (AvgIpc) is 3.22. The molecule has 2 aliphatic heterocycles. The van der Waals surface area contributed by atoms with Gasteiger partial charge in [-0.25, -0.2) is 0 Å². The SMILES string of the molecule is O=C1CCC(CC(=O)N[C@@H]2COC[C@@H]2NC(=O)C23CC4CC2C3C4)N1. The van der Waals surface area contributed by atoms with Crippen LogP contribution in [0.5, 0.6) is 0 Å². The summed E-state index contributed by atoms with van der Waals surface area (Å²) < 4.78 is 5.51. The standard InChI is InChI=1S/C18H25N3O4/c22-15-2-1-10(19-15)5-16(23)20-13-7-25-8-14(13)21-17(24)18-6-9-3-11(18)12(18)4-9/h9-14H,1-8H2,(H,19,22)(H,20,23)(H,21,24)/t9?,10?,11?,12?,13-,14+,18?/m1/s1. The predicted molar refractivity (Wildman–Crippen MR) is 87.2 cm³/mol. The first-order valence-electron chi connectivity index (χ1n) is 9.53. The molecule has 6 aliphatic rings. The topological polar surface area (TPSA) is 96.5 Å². The Morgan fingerprint density at radius 3 is 2.48 bits per heavy atom. The van der Waals surface area contributed by atoms with Crippen LogP contribution in [0, 0.1) is 23.2 Å². The van der Waals surface area contributed by atoms with Crippen LogP contribution in [-0.4, -0.2) is 49.1 Å². The minimum Gasteiger partial charge on any atom is -0.377 e. The highest BCUT2D eigenvalue weighted by Crippen LogP contribution is 2.79. The van der Waals surface area contributed by atoms with Crippen molar-refractivity contribution >= 4 is 17.7 Å². The number of rotatable bonds is 5. The van der Waals surface area contributed by atoms with Crippen molar-refractivity contribution in [3.05, 3.63) is 0 Å². The quantitative estimate of drug-likeness (QED) is 0.636. The fourth-order valence-electron chi connectivity index (χ4n) is 6.01. The minimum absolute atomic E-state index is 0.0142. The third kappa shape index (κ3) is 2.39.